The van der Waals surface area contributed by atoms with Gasteiger partial charge in [-0.3, -0.25) is 19.4 Å². The van der Waals surface area contributed by atoms with Gasteiger partial charge in [0.1, 0.15) is 11.9 Å². The van der Waals surface area contributed by atoms with E-state index in [1.807, 2.05) is 52.8 Å². The third-order valence-corrected chi connectivity index (χ3v) is 7.44. The average Bonchev–Trinajstić information content (AvgIpc) is 3.29. The number of hydrogen-bond donors (Lipinski definition) is 2. The summed E-state index contributed by atoms with van der Waals surface area (Å²) in [6.07, 6.45) is 3.57. The number of urea groups is 1. The van der Waals surface area contributed by atoms with Gasteiger partial charge in [-0.05, 0) is 67.5 Å². The number of hydrogen-bond acceptors (Lipinski definition) is 6. The van der Waals surface area contributed by atoms with Crippen LogP contribution < -0.4 is 16.0 Å². The molecule has 1 aliphatic rings. The minimum Gasteiger partial charge on any atom is -0.384 e. The number of aromatic nitrogens is 3. The van der Waals surface area contributed by atoms with E-state index in [1.54, 1.807) is 37.1 Å². The van der Waals surface area contributed by atoms with Crippen molar-refractivity contribution in [2.75, 3.05) is 17.7 Å². The molecule has 3 heterocycles. The maximum Gasteiger partial charge on any atom is 0.325 e. The summed E-state index contributed by atoms with van der Waals surface area (Å²) in [5.74, 6) is -0.725. The summed E-state index contributed by atoms with van der Waals surface area (Å²) < 4.78 is 1.71. The lowest BCUT2D eigenvalue weighted by Crippen LogP contribution is -2.70. The maximum absolute atomic E-state index is 13.8. The Kier molecular flexibility index (Phi) is 7.76. The third-order valence-electron chi connectivity index (χ3n) is 7.44. The second-order valence-corrected chi connectivity index (χ2v) is 10.8. The van der Waals surface area contributed by atoms with Gasteiger partial charge in [-0.25, -0.2) is 14.8 Å². The fourth-order valence-corrected chi connectivity index (χ4v) is 5.17. The van der Waals surface area contributed by atoms with E-state index in [-0.39, 0.29) is 18.4 Å². The summed E-state index contributed by atoms with van der Waals surface area (Å²) in [5, 5.41) is 3.03. The van der Waals surface area contributed by atoms with E-state index in [0.29, 0.717) is 17.5 Å². The van der Waals surface area contributed by atoms with E-state index in [2.05, 4.69) is 21.4 Å². The molecule has 3 atom stereocenters. The summed E-state index contributed by atoms with van der Waals surface area (Å²) in [6.45, 7) is 9.89. The number of nitrogens with one attached hydrogen (secondary N) is 1. The smallest absolute Gasteiger partial charge is 0.325 e. The first kappa shape index (κ1) is 27.8. The number of imide groups is 1. The summed E-state index contributed by atoms with van der Waals surface area (Å²) in [6, 6.07) is 7.66. The van der Waals surface area contributed by atoms with Gasteiger partial charge in [0.25, 0.3) is 5.91 Å². The standard InChI is InChI=1S/C29H37N7O3/c1-16(2)24(21-9-8-17(3)18(4)12-21)33-29(39)36-25(27(38)35(7)28-31-10-11-34(28)6)22(26(36)37)14-20-13-19(5)32-23(30)15-20/h8-13,15-16,22,24-25H,14H2,1-7H3,(H2,30,32)(H,33,39)/t22-,24-,25+/m1/s1. The van der Waals surface area contributed by atoms with Crippen molar-refractivity contribution in [3.63, 3.8) is 0 Å². The van der Waals surface area contributed by atoms with Crippen molar-refractivity contribution in [1.82, 2.24) is 24.8 Å². The highest BCUT2D eigenvalue weighted by atomic mass is 16.2. The number of amides is 4. The topological polar surface area (TPSA) is 126 Å². The molecule has 10 nitrogen and oxygen atoms in total. The van der Waals surface area contributed by atoms with Crippen LogP contribution in [0.15, 0.2) is 42.7 Å². The van der Waals surface area contributed by atoms with E-state index in [1.165, 1.54) is 4.90 Å². The van der Waals surface area contributed by atoms with Crippen molar-refractivity contribution in [3.05, 3.63) is 70.7 Å². The van der Waals surface area contributed by atoms with Gasteiger partial charge in [0, 0.05) is 32.2 Å². The van der Waals surface area contributed by atoms with E-state index in [4.69, 9.17) is 5.73 Å². The number of rotatable bonds is 7. The molecule has 206 valence electrons. The number of carbonyl (C=O) groups is 3. The maximum atomic E-state index is 13.8. The van der Waals surface area contributed by atoms with Crippen molar-refractivity contribution < 1.29 is 14.4 Å². The lowest BCUT2D eigenvalue weighted by atomic mass is 9.81. The Morgan fingerprint density at radius 3 is 2.44 bits per heavy atom. The van der Waals surface area contributed by atoms with Crippen molar-refractivity contribution in [2.24, 2.45) is 18.9 Å². The molecule has 3 aromatic rings. The molecule has 0 spiro atoms. The predicted molar refractivity (Wildman–Crippen MR) is 150 cm³/mol. The number of nitrogen functional groups attached to an aromatic ring is 1. The number of benzene rings is 1. The molecule has 1 aromatic carbocycles. The second-order valence-electron chi connectivity index (χ2n) is 10.8. The number of likely N-dealkylation sites (tertiary alicyclic amines) is 1. The van der Waals surface area contributed by atoms with Gasteiger partial charge >= 0.3 is 6.03 Å². The molecule has 0 aliphatic carbocycles. The summed E-state index contributed by atoms with van der Waals surface area (Å²) in [7, 11) is 3.38. The SMILES string of the molecule is Cc1cc(C[C@H]2C(=O)N(C(=O)N[C@@H](c3ccc(C)c(C)c3)C(C)C)[C@@H]2C(=O)N(C)c2nccn2C)cc(N)n1. The first-order valence-electron chi connectivity index (χ1n) is 13.1. The summed E-state index contributed by atoms with van der Waals surface area (Å²) >= 11 is 0. The van der Waals surface area contributed by atoms with Gasteiger partial charge in [-0.15, -0.1) is 0 Å². The average molecular weight is 532 g/mol. The van der Waals surface area contributed by atoms with Crippen LogP contribution in [0, 0.1) is 32.6 Å². The Hall–Kier alpha value is -4.21. The molecular weight excluding hydrogens is 494 g/mol. The van der Waals surface area contributed by atoms with Crippen molar-refractivity contribution in [2.45, 2.75) is 53.1 Å². The predicted octanol–water partition coefficient (Wildman–Crippen LogP) is 3.46. The van der Waals surface area contributed by atoms with Crippen LogP contribution in [0.2, 0.25) is 0 Å². The van der Waals surface area contributed by atoms with Crippen LogP contribution >= 0.6 is 0 Å². The van der Waals surface area contributed by atoms with E-state index in [0.717, 1.165) is 27.2 Å². The van der Waals surface area contributed by atoms with Crippen LogP contribution in [0.5, 0.6) is 0 Å². The van der Waals surface area contributed by atoms with Gasteiger partial charge < -0.3 is 15.6 Å². The van der Waals surface area contributed by atoms with Crippen LogP contribution in [0.1, 0.15) is 47.8 Å². The molecule has 10 heteroatoms. The number of anilines is 2. The molecule has 1 saturated heterocycles. The lowest BCUT2D eigenvalue weighted by molar-refractivity contribution is -0.156. The highest BCUT2D eigenvalue weighted by molar-refractivity contribution is 6.12. The van der Waals surface area contributed by atoms with Crippen molar-refractivity contribution in [3.8, 4) is 0 Å². The Morgan fingerprint density at radius 1 is 1.13 bits per heavy atom. The lowest BCUT2D eigenvalue weighted by Gasteiger charge is -2.46. The molecule has 4 rings (SSSR count). The number of nitrogens with zero attached hydrogens (tertiary/aromatic N) is 5. The number of carbonyl (C=O) groups excluding carboxylic acids is 3. The molecule has 0 unspecified atom stereocenters. The molecule has 4 amide bonds. The first-order valence-corrected chi connectivity index (χ1v) is 13.1. The summed E-state index contributed by atoms with van der Waals surface area (Å²) in [5.41, 5.74) is 10.6. The number of likely N-dealkylation sites (N-methyl/N-ethyl adjacent to an activating group) is 1. The van der Waals surface area contributed by atoms with Crippen LogP contribution in [-0.2, 0) is 23.1 Å². The highest BCUT2D eigenvalue weighted by Gasteiger charge is 2.55. The second kappa shape index (κ2) is 10.9. The minimum absolute atomic E-state index is 0.0513. The van der Waals surface area contributed by atoms with Gasteiger partial charge in [0.05, 0.1) is 12.0 Å². The van der Waals surface area contributed by atoms with Crippen LogP contribution in [0.3, 0.4) is 0 Å². The number of imidazole rings is 1. The molecule has 2 aromatic heterocycles. The molecule has 39 heavy (non-hydrogen) atoms. The number of nitrogens with two attached hydrogens (primary N) is 1. The highest BCUT2D eigenvalue weighted by Crippen LogP contribution is 2.34. The Labute approximate surface area is 229 Å². The molecule has 1 aliphatic heterocycles. The largest absolute Gasteiger partial charge is 0.384 e. The Bertz CT molecular complexity index is 1390. The minimum atomic E-state index is -0.999. The van der Waals surface area contributed by atoms with Gasteiger partial charge in [-0.2, -0.15) is 0 Å². The summed E-state index contributed by atoms with van der Waals surface area (Å²) in [4.78, 5) is 51.8. The van der Waals surface area contributed by atoms with Crippen molar-refractivity contribution >= 4 is 29.6 Å². The third kappa shape index (κ3) is 5.50. The first-order chi connectivity index (χ1) is 18.4. The van der Waals surface area contributed by atoms with Gasteiger partial charge in [0.2, 0.25) is 11.9 Å². The monoisotopic (exact) mass is 531 g/mol. The molecule has 0 radical (unpaired) electrons. The van der Waals surface area contributed by atoms with E-state index >= 15 is 0 Å². The zero-order valence-electron chi connectivity index (χ0n) is 23.6. The quantitative estimate of drug-likeness (QED) is 0.450. The molecule has 0 saturated carbocycles. The zero-order valence-corrected chi connectivity index (χ0v) is 23.6. The normalized spacial score (nSPS) is 17.6. The van der Waals surface area contributed by atoms with E-state index < -0.39 is 29.8 Å². The Morgan fingerprint density at radius 2 is 1.85 bits per heavy atom. The molecule has 1 fully saturated rings. The van der Waals surface area contributed by atoms with Crippen LogP contribution in [0.4, 0.5) is 16.6 Å². The van der Waals surface area contributed by atoms with Crippen LogP contribution in [-0.4, -0.2) is 50.4 Å². The fourth-order valence-electron chi connectivity index (χ4n) is 5.17. The van der Waals surface area contributed by atoms with Crippen molar-refractivity contribution in [1.29, 1.82) is 0 Å². The van der Waals surface area contributed by atoms with Gasteiger partial charge in [-0.1, -0.05) is 32.0 Å². The fraction of sp³-hybridized carbons (Fsp3) is 0.414. The zero-order chi connectivity index (χ0) is 28.6. The Balaban J connectivity index is 1.64. The molecule has 0 bridgehead atoms. The number of pyridine rings is 1. The molecule has 3 N–H and O–H groups in total. The number of β-lactam (4-membered cyclic amide) rings is 1. The van der Waals surface area contributed by atoms with Crippen LogP contribution in [0.25, 0.3) is 0 Å². The van der Waals surface area contributed by atoms with E-state index in [9.17, 15) is 14.4 Å². The van der Waals surface area contributed by atoms with Gasteiger partial charge in [0.15, 0.2) is 0 Å². The molecular formula is C29H37N7O3. The number of aryl methyl sites for hydroxylation is 4.